The first-order chi connectivity index (χ1) is 20.8. The molecule has 8 aromatic rings. The highest BCUT2D eigenvalue weighted by molar-refractivity contribution is 7.26. The Labute approximate surface area is 249 Å². The van der Waals surface area contributed by atoms with Crippen molar-refractivity contribution in [1.82, 2.24) is 0 Å². The van der Waals surface area contributed by atoms with E-state index in [1.165, 1.54) is 64.3 Å². The summed E-state index contributed by atoms with van der Waals surface area (Å²) in [6.45, 7) is 0. The molecule has 1 nitrogen and oxygen atoms in total. The Morgan fingerprint density at radius 1 is 0.405 bits per heavy atom. The van der Waals surface area contributed by atoms with Crippen molar-refractivity contribution in [3.63, 3.8) is 0 Å². The van der Waals surface area contributed by atoms with Gasteiger partial charge in [-0.25, -0.2) is 0 Å². The highest BCUT2D eigenvalue weighted by atomic mass is 32.1. The van der Waals surface area contributed by atoms with E-state index >= 15 is 0 Å². The maximum atomic E-state index is 3.73. The highest BCUT2D eigenvalue weighted by Crippen LogP contribution is 2.42. The Hall–Kier alpha value is -5.18. The quantitative estimate of drug-likeness (QED) is 0.223. The third-order valence-corrected chi connectivity index (χ3v) is 9.30. The summed E-state index contributed by atoms with van der Waals surface area (Å²) in [5.74, 6) is 0. The van der Waals surface area contributed by atoms with Crippen LogP contribution in [-0.4, -0.2) is 0 Å². The summed E-state index contributed by atoms with van der Waals surface area (Å²) in [7, 11) is 0. The van der Waals surface area contributed by atoms with E-state index in [2.05, 4.69) is 163 Å². The topological polar surface area (TPSA) is 12.0 Å². The Bertz CT molecular complexity index is 2200. The van der Waals surface area contributed by atoms with E-state index in [9.17, 15) is 0 Å². The molecule has 1 heterocycles. The smallest absolute Gasteiger partial charge is 0.0464 e. The van der Waals surface area contributed by atoms with Crippen LogP contribution in [0.2, 0.25) is 0 Å². The minimum Gasteiger partial charge on any atom is -0.355 e. The normalized spacial score (nSPS) is 11.3. The number of hydrogen-bond donors (Lipinski definition) is 1. The Morgan fingerprint density at radius 2 is 1.05 bits per heavy atom. The van der Waals surface area contributed by atoms with Gasteiger partial charge in [0.2, 0.25) is 0 Å². The van der Waals surface area contributed by atoms with Gasteiger partial charge in [0.25, 0.3) is 0 Å². The summed E-state index contributed by atoms with van der Waals surface area (Å²) >= 11 is 1.88. The van der Waals surface area contributed by atoms with Gasteiger partial charge in [0.1, 0.15) is 0 Å². The second-order valence-corrected chi connectivity index (χ2v) is 11.7. The number of thiophene rings is 1. The standard InChI is InChI=1S/C40H27NS/c1-2-10-28(11-3-1)37-26-30(34-17-9-18-36-35-15-6-7-19-39(35)42-40(34)36)22-25-38(37)41-31-23-20-29(21-24-31)33-16-8-13-27-12-4-5-14-32(27)33/h1-26,41H. The van der Waals surface area contributed by atoms with Crippen LogP contribution >= 0.6 is 11.3 Å². The molecule has 2 heteroatoms. The summed E-state index contributed by atoms with van der Waals surface area (Å²) in [5, 5.41) is 8.91. The van der Waals surface area contributed by atoms with Crippen LogP contribution in [0.4, 0.5) is 11.4 Å². The fraction of sp³-hybridized carbons (Fsp3) is 0. The molecule has 198 valence electrons. The third-order valence-electron chi connectivity index (χ3n) is 8.08. The summed E-state index contributed by atoms with van der Waals surface area (Å²) in [5.41, 5.74) is 9.50. The summed E-state index contributed by atoms with van der Waals surface area (Å²) in [4.78, 5) is 0. The molecule has 42 heavy (non-hydrogen) atoms. The summed E-state index contributed by atoms with van der Waals surface area (Å²) in [6, 6.07) is 56.7. The van der Waals surface area contributed by atoms with Gasteiger partial charge in [0.15, 0.2) is 0 Å². The lowest BCUT2D eigenvalue weighted by Crippen LogP contribution is -1.94. The Morgan fingerprint density at radius 3 is 1.93 bits per heavy atom. The van der Waals surface area contributed by atoms with Crippen LogP contribution < -0.4 is 5.32 Å². The molecular weight excluding hydrogens is 527 g/mol. The van der Waals surface area contributed by atoms with Crippen LogP contribution in [-0.2, 0) is 0 Å². The zero-order valence-electron chi connectivity index (χ0n) is 22.9. The molecule has 0 spiro atoms. The molecule has 8 rings (SSSR count). The van der Waals surface area contributed by atoms with Crippen molar-refractivity contribution in [3.05, 3.63) is 158 Å². The SMILES string of the molecule is c1ccc(-c2cc(-c3cccc4c3sc3ccccc34)ccc2Nc2ccc(-c3cccc4ccccc34)cc2)cc1. The van der Waals surface area contributed by atoms with Gasteiger partial charge in [0, 0.05) is 37.1 Å². The van der Waals surface area contributed by atoms with Gasteiger partial charge < -0.3 is 5.32 Å². The summed E-state index contributed by atoms with van der Waals surface area (Å²) in [6.07, 6.45) is 0. The Balaban J connectivity index is 1.19. The predicted molar refractivity (Wildman–Crippen MR) is 183 cm³/mol. The molecule has 0 bridgehead atoms. The Kier molecular flexibility index (Phi) is 6.05. The first-order valence-electron chi connectivity index (χ1n) is 14.3. The van der Waals surface area contributed by atoms with Crippen molar-refractivity contribution in [1.29, 1.82) is 0 Å². The minimum absolute atomic E-state index is 1.07. The van der Waals surface area contributed by atoms with Gasteiger partial charge in [0.05, 0.1) is 0 Å². The van der Waals surface area contributed by atoms with Gasteiger partial charge in [-0.1, -0.05) is 127 Å². The molecule has 0 atom stereocenters. The molecule has 0 radical (unpaired) electrons. The highest BCUT2D eigenvalue weighted by Gasteiger charge is 2.13. The monoisotopic (exact) mass is 553 g/mol. The van der Waals surface area contributed by atoms with Crippen LogP contribution in [0.1, 0.15) is 0 Å². The van der Waals surface area contributed by atoms with Crippen molar-refractivity contribution in [2.75, 3.05) is 5.32 Å². The first kappa shape index (κ1) is 24.6. The van der Waals surface area contributed by atoms with Gasteiger partial charge in [-0.05, 0) is 68.9 Å². The van der Waals surface area contributed by atoms with Crippen molar-refractivity contribution >= 4 is 53.7 Å². The van der Waals surface area contributed by atoms with Gasteiger partial charge in [-0.3, -0.25) is 0 Å². The number of rotatable bonds is 5. The van der Waals surface area contributed by atoms with E-state index in [-0.39, 0.29) is 0 Å². The average Bonchev–Trinajstić information content (AvgIpc) is 3.45. The zero-order valence-corrected chi connectivity index (χ0v) is 23.7. The van der Waals surface area contributed by atoms with Crippen LogP contribution in [0, 0.1) is 0 Å². The van der Waals surface area contributed by atoms with Gasteiger partial charge in [-0.15, -0.1) is 11.3 Å². The van der Waals surface area contributed by atoms with Gasteiger partial charge >= 0.3 is 0 Å². The second-order valence-electron chi connectivity index (χ2n) is 10.6. The zero-order chi connectivity index (χ0) is 27.9. The molecule has 1 aromatic heterocycles. The second kappa shape index (κ2) is 10.3. The lowest BCUT2D eigenvalue weighted by Gasteiger charge is -2.16. The molecule has 0 aliphatic carbocycles. The van der Waals surface area contributed by atoms with Crippen LogP contribution in [0.3, 0.4) is 0 Å². The number of hydrogen-bond acceptors (Lipinski definition) is 2. The number of anilines is 2. The molecule has 0 aliphatic heterocycles. The lowest BCUT2D eigenvalue weighted by atomic mass is 9.96. The molecule has 1 N–H and O–H groups in total. The molecule has 0 aliphatic rings. The lowest BCUT2D eigenvalue weighted by molar-refractivity contribution is 1.53. The number of nitrogens with one attached hydrogen (secondary N) is 1. The molecule has 0 amide bonds. The van der Waals surface area contributed by atoms with E-state index in [0.717, 1.165) is 11.4 Å². The van der Waals surface area contributed by atoms with Crippen LogP contribution in [0.25, 0.3) is 64.3 Å². The third kappa shape index (κ3) is 4.34. The van der Waals surface area contributed by atoms with Gasteiger partial charge in [-0.2, -0.15) is 0 Å². The fourth-order valence-corrected chi connectivity index (χ4v) is 7.26. The largest absolute Gasteiger partial charge is 0.355 e. The maximum absolute atomic E-state index is 3.73. The van der Waals surface area contributed by atoms with Crippen molar-refractivity contribution < 1.29 is 0 Å². The predicted octanol–water partition coefficient (Wildman–Crippen LogP) is 12.0. The maximum Gasteiger partial charge on any atom is 0.0464 e. The summed E-state index contributed by atoms with van der Waals surface area (Å²) < 4.78 is 2.66. The molecular formula is C40H27NS. The molecule has 7 aromatic carbocycles. The van der Waals surface area contributed by atoms with Crippen LogP contribution in [0.15, 0.2) is 158 Å². The molecule has 0 fully saturated rings. The first-order valence-corrected chi connectivity index (χ1v) is 15.1. The van der Waals surface area contributed by atoms with E-state index in [1.807, 2.05) is 11.3 Å². The molecule has 0 saturated heterocycles. The molecule has 0 unspecified atom stereocenters. The van der Waals surface area contributed by atoms with Crippen molar-refractivity contribution in [2.24, 2.45) is 0 Å². The van der Waals surface area contributed by atoms with E-state index in [1.54, 1.807) is 0 Å². The van der Waals surface area contributed by atoms with E-state index < -0.39 is 0 Å². The fourth-order valence-electron chi connectivity index (χ4n) is 6.02. The van der Waals surface area contributed by atoms with Crippen LogP contribution in [0.5, 0.6) is 0 Å². The number of fused-ring (bicyclic) bond motifs is 4. The van der Waals surface area contributed by atoms with E-state index in [0.29, 0.717) is 0 Å². The minimum atomic E-state index is 1.07. The average molecular weight is 554 g/mol. The van der Waals surface area contributed by atoms with Crippen molar-refractivity contribution in [3.8, 4) is 33.4 Å². The molecule has 0 saturated carbocycles. The van der Waals surface area contributed by atoms with Crippen molar-refractivity contribution in [2.45, 2.75) is 0 Å². The number of benzene rings is 7. The van der Waals surface area contributed by atoms with E-state index in [4.69, 9.17) is 0 Å².